The van der Waals surface area contributed by atoms with Crippen LogP contribution < -0.4 is 5.32 Å². The van der Waals surface area contributed by atoms with Crippen molar-refractivity contribution < 1.29 is 9.90 Å². The van der Waals surface area contributed by atoms with E-state index in [2.05, 4.69) is 5.32 Å². The van der Waals surface area contributed by atoms with Crippen molar-refractivity contribution >= 4 is 17.7 Å². The minimum atomic E-state index is -0.421. The number of nitrogens with zero attached hydrogens (tertiary/aromatic N) is 1. The first-order valence-electron chi connectivity index (χ1n) is 4.30. The molecule has 4 nitrogen and oxygen atoms in total. The molecule has 76 valence electrons. The Balaban J connectivity index is 2.45. The Morgan fingerprint density at radius 3 is 2.85 bits per heavy atom. The van der Waals surface area contributed by atoms with E-state index in [1.54, 1.807) is 11.9 Å². The summed E-state index contributed by atoms with van der Waals surface area (Å²) in [6, 6.07) is -0.0559. The molecule has 1 saturated heterocycles. The third-order valence-corrected chi connectivity index (χ3v) is 2.85. The van der Waals surface area contributed by atoms with Crippen LogP contribution in [0.25, 0.3) is 0 Å². The van der Waals surface area contributed by atoms with E-state index in [0.29, 0.717) is 18.8 Å². The van der Waals surface area contributed by atoms with Gasteiger partial charge in [-0.1, -0.05) is 0 Å². The van der Waals surface area contributed by atoms with Crippen LogP contribution in [0.1, 0.15) is 0 Å². The molecule has 0 spiro atoms. The van der Waals surface area contributed by atoms with Gasteiger partial charge in [-0.25, -0.2) is 0 Å². The van der Waals surface area contributed by atoms with E-state index in [0.717, 1.165) is 0 Å². The van der Waals surface area contributed by atoms with E-state index < -0.39 is 6.10 Å². The summed E-state index contributed by atoms with van der Waals surface area (Å²) >= 11 is 1.50. The smallest absolute Gasteiger partial charge is 0.232 e. The van der Waals surface area contributed by atoms with Crippen LogP contribution in [0.2, 0.25) is 0 Å². The molecule has 1 fully saturated rings. The first-order chi connectivity index (χ1) is 6.16. The molecule has 2 unspecified atom stereocenters. The number of likely N-dealkylation sites (N-methyl/N-ethyl adjacent to an activating group) is 1. The molecule has 1 rings (SSSR count). The monoisotopic (exact) mass is 204 g/mol. The summed E-state index contributed by atoms with van der Waals surface area (Å²) in [4.78, 5) is 13.1. The van der Waals surface area contributed by atoms with Crippen molar-refractivity contribution in [1.82, 2.24) is 10.2 Å². The van der Waals surface area contributed by atoms with Gasteiger partial charge < -0.3 is 15.3 Å². The lowest BCUT2D eigenvalue weighted by atomic mass is 10.2. The van der Waals surface area contributed by atoms with E-state index in [4.69, 9.17) is 0 Å². The fourth-order valence-corrected chi connectivity index (χ4v) is 1.91. The third kappa shape index (κ3) is 2.59. The van der Waals surface area contributed by atoms with E-state index in [-0.39, 0.29) is 11.9 Å². The molecule has 0 aromatic heterocycles. The Labute approximate surface area is 82.7 Å². The predicted molar refractivity (Wildman–Crippen MR) is 53.8 cm³/mol. The molecule has 1 amide bonds. The summed E-state index contributed by atoms with van der Waals surface area (Å²) in [5.74, 6) is 0.569. The molecule has 2 atom stereocenters. The Kier molecular flexibility index (Phi) is 4.02. The molecule has 13 heavy (non-hydrogen) atoms. The third-order valence-electron chi connectivity index (χ3n) is 2.31. The molecule has 1 aliphatic rings. The highest BCUT2D eigenvalue weighted by molar-refractivity contribution is 7.99. The maximum absolute atomic E-state index is 11.4. The van der Waals surface area contributed by atoms with E-state index in [1.165, 1.54) is 11.8 Å². The summed E-state index contributed by atoms with van der Waals surface area (Å²) in [6.07, 6.45) is 1.48. The summed E-state index contributed by atoms with van der Waals surface area (Å²) in [6.45, 7) is 1.28. The molecule has 2 N–H and O–H groups in total. The minimum absolute atomic E-state index is 0.0559. The highest BCUT2D eigenvalue weighted by Gasteiger charge is 2.30. The van der Waals surface area contributed by atoms with Gasteiger partial charge in [0.2, 0.25) is 5.91 Å². The highest BCUT2D eigenvalue weighted by Crippen LogP contribution is 2.08. The first-order valence-corrected chi connectivity index (χ1v) is 5.69. The van der Waals surface area contributed by atoms with Crippen LogP contribution in [0.15, 0.2) is 0 Å². The van der Waals surface area contributed by atoms with Gasteiger partial charge in [0.25, 0.3) is 0 Å². The summed E-state index contributed by atoms with van der Waals surface area (Å²) in [5.41, 5.74) is 0. The van der Waals surface area contributed by atoms with Gasteiger partial charge in [0.15, 0.2) is 0 Å². The molecule has 5 heteroatoms. The minimum Gasteiger partial charge on any atom is -0.390 e. The van der Waals surface area contributed by atoms with Crippen LogP contribution in [0.4, 0.5) is 0 Å². The van der Waals surface area contributed by atoms with Gasteiger partial charge in [0.05, 0.1) is 17.9 Å². The number of rotatable bonds is 3. The summed E-state index contributed by atoms with van der Waals surface area (Å²) in [5, 5.41) is 12.6. The Morgan fingerprint density at radius 2 is 2.38 bits per heavy atom. The van der Waals surface area contributed by atoms with Crippen LogP contribution in [-0.4, -0.2) is 60.2 Å². The maximum atomic E-state index is 11.4. The van der Waals surface area contributed by atoms with Gasteiger partial charge in [0, 0.05) is 20.1 Å². The summed E-state index contributed by atoms with van der Waals surface area (Å²) in [7, 11) is 1.75. The van der Waals surface area contributed by atoms with E-state index in [9.17, 15) is 9.90 Å². The number of thioether (sulfide) groups is 1. The molecular weight excluding hydrogens is 188 g/mol. The second-order valence-corrected chi connectivity index (χ2v) is 4.10. The SMILES string of the molecule is CSCC(=O)N(C)C1CNCC1O. The topological polar surface area (TPSA) is 52.6 Å². The zero-order chi connectivity index (χ0) is 9.84. The van der Waals surface area contributed by atoms with Crippen molar-refractivity contribution in [3.05, 3.63) is 0 Å². The first kappa shape index (κ1) is 10.8. The number of hydrogen-bond acceptors (Lipinski definition) is 4. The summed E-state index contributed by atoms with van der Waals surface area (Å²) < 4.78 is 0. The van der Waals surface area contributed by atoms with Crippen molar-refractivity contribution in [2.45, 2.75) is 12.1 Å². The number of carbonyl (C=O) groups excluding carboxylic acids is 1. The Morgan fingerprint density at radius 1 is 1.69 bits per heavy atom. The van der Waals surface area contributed by atoms with Gasteiger partial charge in [-0.3, -0.25) is 4.79 Å². The lowest BCUT2D eigenvalue weighted by Gasteiger charge is -2.26. The quantitative estimate of drug-likeness (QED) is 0.628. The van der Waals surface area contributed by atoms with Gasteiger partial charge in [0.1, 0.15) is 0 Å². The maximum Gasteiger partial charge on any atom is 0.232 e. The normalized spacial score (nSPS) is 27.6. The second kappa shape index (κ2) is 4.83. The van der Waals surface area contributed by atoms with Crippen LogP contribution >= 0.6 is 11.8 Å². The predicted octanol–water partition coefficient (Wildman–Crippen LogP) is -0.859. The number of amides is 1. The fourth-order valence-electron chi connectivity index (χ4n) is 1.46. The van der Waals surface area contributed by atoms with Crippen molar-refractivity contribution in [2.75, 3.05) is 32.1 Å². The standard InChI is InChI=1S/C8H16N2O2S/c1-10(8(12)5-13-2)6-3-9-4-7(6)11/h6-7,9,11H,3-5H2,1-2H3. The van der Waals surface area contributed by atoms with Crippen LogP contribution in [0.3, 0.4) is 0 Å². The van der Waals surface area contributed by atoms with Crippen molar-refractivity contribution in [3.63, 3.8) is 0 Å². The lowest BCUT2D eigenvalue weighted by Crippen LogP contribution is -2.44. The van der Waals surface area contributed by atoms with Crippen LogP contribution in [-0.2, 0) is 4.79 Å². The number of aliphatic hydroxyl groups is 1. The molecule has 1 aliphatic heterocycles. The van der Waals surface area contributed by atoms with Crippen molar-refractivity contribution in [2.24, 2.45) is 0 Å². The molecule has 0 saturated carbocycles. The molecule has 0 aliphatic carbocycles. The van der Waals surface area contributed by atoms with Gasteiger partial charge in [-0.2, -0.15) is 11.8 Å². The Bertz CT molecular complexity index is 189. The zero-order valence-corrected chi connectivity index (χ0v) is 8.80. The van der Waals surface area contributed by atoms with E-state index in [1.807, 2.05) is 6.26 Å². The second-order valence-electron chi connectivity index (χ2n) is 3.23. The molecule has 1 heterocycles. The molecule has 0 radical (unpaired) electrons. The van der Waals surface area contributed by atoms with Crippen molar-refractivity contribution in [3.8, 4) is 0 Å². The number of nitrogens with one attached hydrogen (secondary N) is 1. The molecular formula is C8H16N2O2S. The lowest BCUT2D eigenvalue weighted by molar-refractivity contribution is -0.130. The average molecular weight is 204 g/mol. The van der Waals surface area contributed by atoms with E-state index >= 15 is 0 Å². The van der Waals surface area contributed by atoms with Crippen molar-refractivity contribution in [1.29, 1.82) is 0 Å². The molecule has 0 aromatic rings. The van der Waals surface area contributed by atoms with Crippen LogP contribution in [0, 0.1) is 0 Å². The Hall–Kier alpha value is -0.260. The zero-order valence-electron chi connectivity index (χ0n) is 7.99. The fraction of sp³-hybridized carbons (Fsp3) is 0.875. The van der Waals surface area contributed by atoms with Gasteiger partial charge in [-0.15, -0.1) is 0 Å². The van der Waals surface area contributed by atoms with Gasteiger partial charge in [-0.05, 0) is 6.26 Å². The number of β-amino-alcohol motifs (C(OH)–C–C–N with tert-alkyl or cyclic N) is 1. The van der Waals surface area contributed by atoms with Crippen LogP contribution in [0.5, 0.6) is 0 Å². The number of carbonyl (C=O) groups is 1. The average Bonchev–Trinajstić information content (AvgIpc) is 2.50. The number of hydrogen-bond donors (Lipinski definition) is 2. The van der Waals surface area contributed by atoms with Gasteiger partial charge >= 0.3 is 0 Å². The number of aliphatic hydroxyl groups excluding tert-OH is 1. The molecule has 0 aromatic carbocycles. The largest absolute Gasteiger partial charge is 0.390 e. The molecule has 0 bridgehead atoms. The highest BCUT2D eigenvalue weighted by atomic mass is 32.2.